The largest absolute Gasteiger partial charge is 0.381 e. The maximum Gasteiger partial charge on any atom is 0.293 e. The van der Waals surface area contributed by atoms with Crippen LogP contribution in [0.2, 0.25) is 0 Å². The molecule has 23 heavy (non-hydrogen) atoms. The van der Waals surface area contributed by atoms with Crippen molar-refractivity contribution in [2.75, 3.05) is 19.8 Å². The Hall–Kier alpha value is -2.02. The molecule has 1 atom stereocenters. The van der Waals surface area contributed by atoms with E-state index in [-0.39, 0.29) is 11.7 Å². The third-order valence-corrected chi connectivity index (χ3v) is 4.54. The molecule has 0 bridgehead atoms. The molecule has 7 heteroatoms. The van der Waals surface area contributed by atoms with Crippen LogP contribution in [0.3, 0.4) is 0 Å². The molecule has 1 saturated carbocycles. The Morgan fingerprint density at radius 1 is 1.35 bits per heavy atom. The van der Waals surface area contributed by atoms with Crippen molar-refractivity contribution in [2.24, 2.45) is 5.92 Å². The highest BCUT2D eigenvalue weighted by Gasteiger charge is 2.36. The van der Waals surface area contributed by atoms with Crippen molar-refractivity contribution >= 4 is 11.7 Å². The predicted octanol–water partition coefficient (Wildman–Crippen LogP) is 1.38. The minimum Gasteiger partial charge on any atom is -0.381 e. The van der Waals surface area contributed by atoms with Crippen molar-refractivity contribution in [2.45, 2.75) is 39.2 Å². The van der Waals surface area contributed by atoms with Gasteiger partial charge in [-0.25, -0.2) is 9.50 Å². The number of carbonyl (C=O) groups excluding carboxylic acids is 1. The fourth-order valence-electron chi connectivity index (χ4n) is 3.17. The molecule has 4 rings (SSSR count). The summed E-state index contributed by atoms with van der Waals surface area (Å²) in [4.78, 5) is 23.6. The number of rotatable bonds is 4. The zero-order valence-electron chi connectivity index (χ0n) is 13.5. The zero-order valence-corrected chi connectivity index (χ0v) is 13.5. The molecule has 1 saturated heterocycles. The molecule has 0 radical (unpaired) electrons. The first-order valence-corrected chi connectivity index (χ1v) is 8.21. The Kier molecular flexibility index (Phi) is 3.52. The van der Waals surface area contributed by atoms with E-state index < -0.39 is 0 Å². The van der Waals surface area contributed by atoms with Crippen molar-refractivity contribution in [1.29, 1.82) is 0 Å². The Bertz CT molecular complexity index is 746. The van der Waals surface area contributed by atoms with Crippen LogP contribution in [0, 0.1) is 19.8 Å². The highest BCUT2D eigenvalue weighted by atomic mass is 16.5. The number of carbonyl (C=O) groups is 1. The summed E-state index contributed by atoms with van der Waals surface area (Å²) in [5.41, 5.74) is 1.81. The second-order valence-electron chi connectivity index (χ2n) is 6.60. The Morgan fingerprint density at radius 3 is 2.87 bits per heavy atom. The van der Waals surface area contributed by atoms with Crippen molar-refractivity contribution in [3.05, 3.63) is 23.3 Å². The number of aromatic nitrogens is 4. The smallest absolute Gasteiger partial charge is 0.293 e. The molecule has 2 aliphatic rings. The molecule has 0 spiro atoms. The van der Waals surface area contributed by atoms with Gasteiger partial charge in [0, 0.05) is 36.5 Å². The first-order valence-electron chi connectivity index (χ1n) is 8.21. The summed E-state index contributed by atoms with van der Waals surface area (Å²) in [6.45, 7) is 6.14. The highest BCUT2D eigenvalue weighted by molar-refractivity contribution is 5.91. The lowest BCUT2D eigenvalue weighted by Crippen LogP contribution is -2.38. The summed E-state index contributed by atoms with van der Waals surface area (Å²) in [5.74, 6) is 1.09. The van der Waals surface area contributed by atoms with E-state index in [0.717, 1.165) is 50.4 Å². The van der Waals surface area contributed by atoms with Crippen molar-refractivity contribution in [3.63, 3.8) is 0 Å². The summed E-state index contributed by atoms with van der Waals surface area (Å²) in [7, 11) is 0. The van der Waals surface area contributed by atoms with Gasteiger partial charge in [-0.1, -0.05) is 0 Å². The molecule has 7 nitrogen and oxygen atoms in total. The van der Waals surface area contributed by atoms with E-state index in [1.54, 1.807) is 4.52 Å². The average molecular weight is 315 g/mol. The van der Waals surface area contributed by atoms with E-state index in [2.05, 4.69) is 15.1 Å². The van der Waals surface area contributed by atoms with Crippen LogP contribution < -0.4 is 0 Å². The Balaban J connectivity index is 1.62. The minimum atomic E-state index is -0.0815. The molecule has 0 aromatic carbocycles. The SMILES string of the molecule is Cc1cc(C)n2nc(C(=O)N(CC3CCOC3)C3CC3)nc2n1. The molecular formula is C16H21N5O2. The third-order valence-electron chi connectivity index (χ3n) is 4.54. The summed E-state index contributed by atoms with van der Waals surface area (Å²) in [6, 6.07) is 2.27. The Labute approximate surface area is 134 Å². The summed E-state index contributed by atoms with van der Waals surface area (Å²) < 4.78 is 7.08. The minimum absolute atomic E-state index is 0.0815. The molecule has 1 aliphatic heterocycles. The van der Waals surface area contributed by atoms with Gasteiger partial charge in [-0.2, -0.15) is 4.98 Å². The van der Waals surface area contributed by atoms with E-state index in [1.165, 1.54) is 0 Å². The number of aryl methyl sites for hydroxylation is 2. The van der Waals surface area contributed by atoms with E-state index in [4.69, 9.17) is 4.74 Å². The maximum absolute atomic E-state index is 12.9. The lowest BCUT2D eigenvalue weighted by atomic mass is 10.1. The van der Waals surface area contributed by atoms with E-state index >= 15 is 0 Å². The molecule has 1 aliphatic carbocycles. The fourth-order valence-corrected chi connectivity index (χ4v) is 3.17. The molecule has 2 aromatic rings. The zero-order chi connectivity index (χ0) is 16.0. The molecule has 2 aromatic heterocycles. The number of hydrogen-bond donors (Lipinski definition) is 0. The topological polar surface area (TPSA) is 72.6 Å². The van der Waals surface area contributed by atoms with Gasteiger partial charge in [-0.05, 0) is 39.2 Å². The van der Waals surface area contributed by atoms with Gasteiger partial charge in [-0.3, -0.25) is 4.79 Å². The van der Waals surface area contributed by atoms with Crippen LogP contribution in [0.4, 0.5) is 0 Å². The molecule has 0 N–H and O–H groups in total. The number of fused-ring (bicyclic) bond motifs is 1. The monoisotopic (exact) mass is 315 g/mol. The van der Waals surface area contributed by atoms with Crippen LogP contribution >= 0.6 is 0 Å². The van der Waals surface area contributed by atoms with Crippen molar-refractivity contribution < 1.29 is 9.53 Å². The molecule has 1 unspecified atom stereocenters. The lowest BCUT2D eigenvalue weighted by molar-refractivity contribution is 0.0694. The van der Waals surface area contributed by atoms with Crippen LogP contribution in [0.15, 0.2) is 6.07 Å². The maximum atomic E-state index is 12.9. The number of hydrogen-bond acceptors (Lipinski definition) is 5. The first-order chi connectivity index (χ1) is 11.1. The second-order valence-corrected chi connectivity index (χ2v) is 6.60. The highest BCUT2D eigenvalue weighted by Crippen LogP contribution is 2.30. The van der Waals surface area contributed by atoms with Gasteiger partial charge >= 0.3 is 0 Å². The van der Waals surface area contributed by atoms with Gasteiger partial charge in [0.05, 0.1) is 6.61 Å². The predicted molar refractivity (Wildman–Crippen MR) is 83.2 cm³/mol. The average Bonchev–Trinajstić information content (AvgIpc) is 3.05. The lowest BCUT2D eigenvalue weighted by Gasteiger charge is -2.23. The number of ether oxygens (including phenoxy) is 1. The summed E-state index contributed by atoms with van der Waals surface area (Å²) >= 11 is 0. The molecule has 1 amide bonds. The van der Waals surface area contributed by atoms with Crippen molar-refractivity contribution in [3.8, 4) is 0 Å². The number of amides is 1. The third kappa shape index (κ3) is 2.81. The standard InChI is InChI=1S/C16H21N5O2/c1-10-7-11(2)21-16(17-10)18-14(19-21)15(22)20(13-3-4-13)8-12-5-6-23-9-12/h7,12-13H,3-6,8-9H2,1-2H3. The van der Waals surface area contributed by atoms with Gasteiger partial charge in [0.2, 0.25) is 5.82 Å². The van der Waals surface area contributed by atoms with Gasteiger partial charge in [0.15, 0.2) is 0 Å². The number of nitrogens with zero attached hydrogens (tertiary/aromatic N) is 5. The van der Waals surface area contributed by atoms with Crippen LogP contribution in [-0.2, 0) is 4.74 Å². The molecule has 122 valence electrons. The molecule has 3 heterocycles. The quantitative estimate of drug-likeness (QED) is 0.852. The van der Waals surface area contributed by atoms with E-state index in [1.807, 2.05) is 24.8 Å². The van der Waals surface area contributed by atoms with Gasteiger partial charge in [-0.15, -0.1) is 5.10 Å². The summed E-state index contributed by atoms with van der Waals surface area (Å²) in [6.07, 6.45) is 3.17. The van der Waals surface area contributed by atoms with Gasteiger partial charge in [0.1, 0.15) is 0 Å². The Morgan fingerprint density at radius 2 is 2.17 bits per heavy atom. The van der Waals surface area contributed by atoms with Crippen LogP contribution in [0.5, 0.6) is 0 Å². The van der Waals surface area contributed by atoms with Crippen molar-refractivity contribution in [1.82, 2.24) is 24.5 Å². The van der Waals surface area contributed by atoms with Crippen LogP contribution in [0.25, 0.3) is 5.78 Å². The van der Waals surface area contributed by atoms with Gasteiger partial charge < -0.3 is 9.64 Å². The second kappa shape index (κ2) is 5.56. The van der Waals surface area contributed by atoms with E-state index in [9.17, 15) is 4.79 Å². The first kappa shape index (κ1) is 14.6. The van der Waals surface area contributed by atoms with Crippen LogP contribution in [-0.4, -0.2) is 56.2 Å². The molecule has 2 fully saturated rings. The van der Waals surface area contributed by atoms with E-state index in [0.29, 0.717) is 17.7 Å². The van der Waals surface area contributed by atoms with Crippen LogP contribution in [0.1, 0.15) is 41.3 Å². The normalized spacial score (nSPS) is 21.0. The fraction of sp³-hybridized carbons (Fsp3) is 0.625. The van der Waals surface area contributed by atoms with Gasteiger partial charge in [0.25, 0.3) is 11.7 Å². The molecular weight excluding hydrogens is 294 g/mol. The summed E-state index contributed by atoms with van der Waals surface area (Å²) in [5, 5.41) is 4.38.